The highest BCUT2D eigenvalue weighted by Crippen LogP contribution is 2.22. The number of nitrogens with zero attached hydrogens (tertiary/aromatic N) is 2. The van der Waals surface area contributed by atoms with Gasteiger partial charge in [-0.3, -0.25) is 0 Å². The van der Waals surface area contributed by atoms with Crippen molar-refractivity contribution in [2.75, 3.05) is 0 Å². The van der Waals surface area contributed by atoms with Crippen LogP contribution in [-0.4, -0.2) is 20.6 Å². The number of aromatic nitrogens is 2. The third kappa shape index (κ3) is 2.09. The first kappa shape index (κ1) is 10.7. The average molecular weight is 245 g/mol. The Morgan fingerprint density at radius 1 is 1.53 bits per heavy atom. The molecule has 3 nitrogen and oxygen atoms in total. The zero-order chi connectivity index (χ0) is 11.0. The highest BCUT2D eigenvalue weighted by atomic mass is 35.5. The van der Waals surface area contributed by atoms with Gasteiger partial charge in [0, 0.05) is 17.6 Å². The molecule has 0 aliphatic rings. The molecule has 5 heteroatoms. The van der Waals surface area contributed by atoms with Crippen LogP contribution in [0.1, 0.15) is 12.7 Å². The van der Waals surface area contributed by atoms with Crippen LogP contribution in [0.4, 0.5) is 0 Å². The lowest BCUT2D eigenvalue weighted by molar-refractivity contribution is 0.192. The zero-order valence-corrected chi connectivity index (χ0v) is 9.63. The molecule has 2 rings (SSSR count). The van der Waals surface area contributed by atoms with Crippen molar-refractivity contribution >= 4 is 28.7 Å². The van der Waals surface area contributed by atoms with Crippen LogP contribution < -0.4 is 0 Å². The van der Waals surface area contributed by atoms with Crippen molar-refractivity contribution in [1.29, 1.82) is 0 Å². The van der Waals surface area contributed by atoms with Gasteiger partial charge in [0.25, 0.3) is 0 Å². The van der Waals surface area contributed by atoms with Crippen molar-refractivity contribution in [2.24, 2.45) is 0 Å². The van der Waals surface area contributed by atoms with E-state index >= 15 is 0 Å². The maximum atomic E-state index is 9.31. The lowest BCUT2D eigenvalue weighted by atomic mass is 10.3. The van der Waals surface area contributed by atoms with E-state index in [4.69, 9.17) is 23.2 Å². The van der Waals surface area contributed by atoms with Crippen molar-refractivity contribution in [3.05, 3.63) is 34.3 Å². The Hall–Kier alpha value is -0.770. The molecule has 15 heavy (non-hydrogen) atoms. The van der Waals surface area contributed by atoms with Gasteiger partial charge in [-0.05, 0) is 19.1 Å². The lowest BCUT2D eigenvalue weighted by Crippen LogP contribution is -2.07. The molecule has 0 aliphatic carbocycles. The topological polar surface area (TPSA) is 37.5 Å². The Kier molecular flexibility index (Phi) is 2.87. The minimum Gasteiger partial charge on any atom is -0.393 e. The first-order chi connectivity index (χ1) is 7.08. The van der Waals surface area contributed by atoms with Crippen molar-refractivity contribution in [3.8, 4) is 0 Å². The number of halogens is 2. The summed E-state index contributed by atoms with van der Waals surface area (Å²) in [6.07, 6.45) is 1.83. The SMILES string of the molecule is CC(O)Cc1nc(Cl)c2cc(Cl)ccn12. The van der Waals surface area contributed by atoms with Gasteiger partial charge in [-0.2, -0.15) is 0 Å². The predicted octanol–water partition coefficient (Wildman–Crippen LogP) is 2.56. The molecular weight excluding hydrogens is 235 g/mol. The highest BCUT2D eigenvalue weighted by molar-refractivity contribution is 6.34. The fourth-order valence-corrected chi connectivity index (χ4v) is 1.89. The smallest absolute Gasteiger partial charge is 0.155 e. The summed E-state index contributed by atoms with van der Waals surface area (Å²) in [5.74, 6) is 0.738. The summed E-state index contributed by atoms with van der Waals surface area (Å²) in [6.45, 7) is 1.71. The summed E-state index contributed by atoms with van der Waals surface area (Å²) in [5, 5.41) is 10.3. The number of fused-ring (bicyclic) bond motifs is 1. The van der Waals surface area contributed by atoms with Gasteiger partial charge in [0.2, 0.25) is 0 Å². The molecule has 0 spiro atoms. The fraction of sp³-hybridized carbons (Fsp3) is 0.300. The monoisotopic (exact) mass is 244 g/mol. The van der Waals surface area contributed by atoms with E-state index in [0.29, 0.717) is 16.6 Å². The third-order valence-corrected chi connectivity index (χ3v) is 2.62. The first-order valence-corrected chi connectivity index (χ1v) is 5.33. The molecule has 0 amide bonds. The molecule has 0 bridgehead atoms. The van der Waals surface area contributed by atoms with E-state index in [1.54, 1.807) is 25.3 Å². The molecule has 0 saturated carbocycles. The van der Waals surface area contributed by atoms with E-state index in [1.165, 1.54) is 0 Å². The maximum Gasteiger partial charge on any atom is 0.155 e. The molecule has 2 aromatic heterocycles. The van der Waals surface area contributed by atoms with Crippen LogP contribution in [-0.2, 0) is 6.42 Å². The third-order valence-electron chi connectivity index (χ3n) is 2.11. The summed E-state index contributed by atoms with van der Waals surface area (Å²) in [7, 11) is 0. The Labute approximate surface area is 97.3 Å². The molecule has 0 aromatic carbocycles. The minimum absolute atomic E-state index is 0.410. The van der Waals surface area contributed by atoms with Crippen molar-refractivity contribution < 1.29 is 5.11 Å². The molecule has 2 aromatic rings. The summed E-state index contributed by atoms with van der Waals surface area (Å²) in [4.78, 5) is 4.18. The number of aliphatic hydroxyl groups excluding tert-OH is 1. The first-order valence-electron chi connectivity index (χ1n) is 4.58. The highest BCUT2D eigenvalue weighted by Gasteiger charge is 2.11. The standard InChI is InChI=1S/C10H10Cl2N2O/c1-6(15)4-9-13-10(12)8-5-7(11)2-3-14(8)9/h2-3,5-6,15H,4H2,1H3. The van der Waals surface area contributed by atoms with Crippen molar-refractivity contribution in [1.82, 2.24) is 9.38 Å². The predicted molar refractivity (Wildman–Crippen MR) is 60.6 cm³/mol. The number of aliphatic hydroxyl groups is 1. The number of hydrogen-bond acceptors (Lipinski definition) is 2. The largest absolute Gasteiger partial charge is 0.393 e. The van der Waals surface area contributed by atoms with E-state index in [-0.39, 0.29) is 0 Å². The average Bonchev–Trinajstić information content (AvgIpc) is 2.42. The Morgan fingerprint density at radius 3 is 2.93 bits per heavy atom. The van der Waals surface area contributed by atoms with Gasteiger partial charge in [-0.1, -0.05) is 23.2 Å². The van der Waals surface area contributed by atoms with E-state index < -0.39 is 6.10 Å². The van der Waals surface area contributed by atoms with E-state index in [1.807, 2.05) is 4.40 Å². The van der Waals surface area contributed by atoms with Crippen LogP contribution in [0.15, 0.2) is 18.3 Å². The molecule has 0 radical (unpaired) electrons. The number of rotatable bonds is 2. The quantitative estimate of drug-likeness (QED) is 0.882. The van der Waals surface area contributed by atoms with Crippen LogP contribution in [0.3, 0.4) is 0 Å². The van der Waals surface area contributed by atoms with Crippen LogP contribution in [0, 0.1) is 0 Å². The van der Waals surface area contributed by atoms with E-state index in [9.17, 15) is 5.11 Å². The van der Waals surface area contributed by atoms with Crippen molar-refractivity contribution in [3.63, 3.8) is 0 Å². The van der Waals surface area contributed by atoms with Gasteiger partial charge in [0.05, 0.1) is 11.6 Å². The number of hydrogen-bond donors (Lipinski definition) is 1. The Morgan fingerprint density at radius 2 is 2.27 bits per heavy atom. The molecule has 0 aliphatic heterocycles. The van der Waals surface area contributed by atoms with Crippen LogP contribution in [0.2, 0.25) is 10.2 Å². The summed E-state index contributed by atoms with van der Waals surface area (Å²) < 4.78 is 1.83. The zero-order valence-electron chi connectivity index (χ0n) is 8.11. The number of pyridine rings is 1. The second-order valence-electron chi connectivity index (χ2n) is 3.47. The summed E-state index contributed by atoms with van der Waals surface area (Å²) in [6, 6.07) is 3.51. The molecule has 0 saturated heterocycles. The lowest BCUT2D eigenvalue weighted by Gasteiger charge is -2.03. The molecule has 1 unspecified atom stereocenters. The molecular formula is C10H10Cl2N2O. The molecule has 0 fully saturated rings. The van der Waals surface area contributed by atoms with Crippen LogP contribution in [0.5, 0.6) is 0 Å². The van der Waals surface area contributed by atoms with Gasteiger partial charge in [0.1, 0.15) is 5.82 Å². The van der Waals surface area contributed by atoms with Gasteiger partial charge in [-0.15, -0.1) is 0 Å². The van der Waals surface area contributed by atoms with Crippen LogP contribution in [0.25, 0.3) is 5.52 Å². The summed E-state index contributed by atoms with van der Waals surface area (Å²) in [5.41, 5.74) is 0.764. The maximum absolute atomic E-state index is 9.31. The molecule has 1 atom stereocenters. The van der Waals surface area contributed by atoms with Gasteiger partial charge >= 0.3 is 0 Å². The Balaban J connectivity index is 2.57. The van der Waals surface area contributed by atoms with Gasteiger partial charge in [-0.25, -0.2) is 4.98 Å². The second kappa shape index (κ2) is 4.00. The van der Waals surface area contributed by atoms with Crippen molar-refractivity contribution in [2.45, 2.75) is 19.4 Å². The summed E-state index contributed by atoms with van der Waals surface area (Å²) >= 11 is 11.8. The van der Waals surface area contributed by atoms with E-state index in [2.05, 4.69) is 4.98 Å². The number of imidazole rings is 1. The van der Waals surface area contributed by atoms with Crippen LogP contribution >= 0.6 is 23.2 Å². The second-order valence-corrected chi connectivity index (χ2v) is 4.27. The van der Waals surface area contributed by atoms with Gasteiger partial charge < -0.3 is 9.51 Å². The van der Waals surface area contributed by atoms with E-state index in [0.717, 1.165) is 11.3 Å². The molecule has 1 N–H and O–H groups in total. The minimum atomic E-state index is -0.442. The van der Waals surface area contributed by atoms with Gasteiger partial charge in [0.15, 0.2) is 5.15 Å². The molecule has 2 heterocycles. The molecule has 80 valence electrons. The fourth-order valence-electron chi connectivity index (χ4n) is 1.49. The Bertz CT molecular complexity index is 493. The normalized spacial score (nSPS) is 13.3.